The predicted molar refractivity (Wildman–Crippen MR) is 78.4 cm³/mol. The molecular weight excluding hydrogens is 254 g/mol. The topological polar surface area (TPSA) is 61.4 Å². The van der Waals surface area contributed by atoms with Gasteiger partial charge in [-0.15, -0.1) is 0 Å². The van der Waals surface area contributed by atoms with E-state index in [1.807, 2.05) is 7.05 Å². The van der Waals surface area contributed by atoms with Gasteiger partial charge in [-0.2, -0.15) is 0 Å². The average Bonchev–Trinajstić information content (AvgIpc) is 2.60. The Labute approximate surface area is 120 Å². The maximum atomic E-state index is 12.7. The van der Waals surface area contributed by atoms with E-state index in [1.54, 1.807) is 0 Å². The second kappa shape index (κ2) is 6.39. The second-order valence-electron chi connectivity index (χ2n) is 5.95. The van der Waals surface area contributed by atoms with Gasteiger partial charge in [-0.25, -0.2) is 4.79 Å². The lowest BCUT2D eigenvalue weighted by Crippen LogP contribution is -2.47. The number of hydrogen-bond donors (Lipinski definition) is 2. The molecule has 0 radical (unpaired) electrons. The first-order valence-corrected chi connectivity index (χ1v) is 7.54. The van der Waals surface area contributed by atoms with E-state index >= 15 is 0 Å². The minimum absolute atomic E-state index is 0.0540. The van der Waals surface area contributed by atoms with Gasteiger partial charge in [0.25, 0.3) is 5.91 Å². The van der Waals surface area contributed by atoms with Crippen molar-refractivity contribution < 1.29 is 9.59 Å². The highest BCUT2D eigenvalue weighted by Gasteiger charge is 2.50. The van der Waals surface area contributed by atoms with E-state index in [-0.39, 0.29) is 11.9 Å². The largest absolute Gasteiger partial charge is 0.325 e. The summed E-state index contributed by atoms with van der Waals surface area (Å²) in [4.78, 5) is 26.1. The number of hydrogen-bond acceptors (Lipinski definition) is 3. The van der Waals surface area contributed by atoms with Gasteiger partial charge < -0.3 is 10.6 Å². The van der Waals surface area contributed by atoms with Gasteiger partial charge in [0.05, 0.1) is 6.54 Å². The monoisotopic (exact) mass is 279 g/mol. The van der Waals surface area contributed by atoms with Crippen molar-refractivity contribution in [2.75, 3.05) is 20.1 Å². The van der Waals surface area contributed by atoms with E-state index in [1.165, 1.54) is 11.3 Å². The molecule has 2 N–H and O–H groups in total. The number of nitrogens with one attached hydrogen (secondary N) is 2. The van der Waals surface area contributed by atoms with Crippen molar-refractivity contribution >= 4 is 11.9 Å². The SMILES string of the molecule is C=C(CNC)CN1C(=O)NC2(CCCCCCC2)C1=O. The van der Waals surface area contributed by atoms with Gasteiger partial charge in [-0.1, -0.05) is 38.7 Å². The quantitative estimate of drug-likeness (QED) is 0.609. The fourth-order valence-corrected chi connectivity index (χ4v) is 3.20. The summed E-state index contributed by atoms with van der Waals surface area (Å²) in [5.41, 5.74) is 0.205. The van der Waals surface area contributed by atoms with E-state index < -0.39 is 5.54 Å². The Bertz CT molecular complexity index is 398. The Balaban J connectivity index is 2.08. The van der Waals surface area contributed by atoms with Crippen LogP contribution < -0.4 is 10.6 Å². The first-order chi connectivity index (χ1) is 9.59. The molecule has 112 valence electrons. The molecule has 0 bridgehead atoms. The fourth-order valence-electron chi connectivity index (χ4n) is 3.20. The fraction of sp³-hybridized carbons (Fsp3) is 0.733. The minimum atomic E-state index is -0.641. The van der Waals surface area contributed by atoms with Crippen LogP contribution in [0.4, 0.5) is 4.79 Å². The van der Waals surface area contributed by atoms with Crippen molar-refractivity contribution in [3.63, 3.8) is 0 Å². The number of rotatable bonds is 4. The second-order valence-corrected chi connectivity index (χ2v) is 5.95. The Morgan fingerprint density at radius 2 is 1.85 bits per heavy atom. The van der Waals surface area contributed by atoms with Gasteiger partial charge in [-0.3, -0.25) is 9.69 Å². The van der Waals surface area contributed by atoms with Gasteiger partial charge in [0.1, 0.15) is 5.54 Å². The Kier molecular flexibility index (Phi) is 4.81. The molecular formula is C15H25N3O2. The molecule has 1 aliphatic carbocycles. The molecule has 1 spiro atoms. The summed E-state index contributed by atoms with van der Waals surface area (Å²) < 4.78 is 0. The molecule has 20 heavy (non-hydrogen) atoms. The minimum Gasteiger partial charge on any atom is -0.323 e. The van der Waals surface area contributed by atoms with Crippen molar-refractivity contribution in [1.82, 2.24) is 15.5 Å². The predicted octanol–water partition coefficient (Wildman–Crippen LogP) is 1.80. The van der Waals surface area contributed by atoms with Crippen molar-refractivity contribution in [1.29, 1.82) is 0 Å². The number of carbonyl (C=O) groups is 2. The van der Waals surface area contributed by atoms with Gasteiger partial charge in [0.2, 0.25) is 0 Å². The van der Waals surface area contributed by atoms with E-state index in [9.17, 15) is 9.59 Å². The standard InChI is InChI=1S/C15H25N3O2/c1-12(10-16-2)11-18-13(19)15(17-14(18)20)8-6-4-3-5-7-9-15/h16H,1,3-11H2,2H3,(H,17,20). The first-order valence-electron chi connectivity index (χ1n) is 7.54. The van der Waals surface area contributed by atoms with Crippen LogP contribution in [0.15, 0.2) is 12.2 Å². The smallest absolute Gasteiger partial charge is 0.323 e. The van der Waals surface area contributed by atoms with Crippen molar-refractivity contribution in [2.24, 2.45) is 0 Å². The van der Waals surface area contributed by atoms with Crippen LogP contribution in [-0.4, -0.2) is 42.5 Å². The normalized spacial score (nSPS) is 22.6. The highest BCUT2D eigenvalue weighted by atomic mass is 16.2. The third-order valence-corrected chi connectivity index (χ3v) is 4.26. The molecule has 0 unspecified atom stereocenters. The van der Waals surface area contributed by atoms with E-state index in [4.69, 9.17) is 0 Å². The summed E-state index contributed by atoms with van der Waals surface area (Å²) in [6.07, 6.45) is 7.10. The number of urea groups is 1. The summed E-state index contributed by atoms with van der Waals surface area (Å²) in [6.45, 7) is 4.84. The molecule has 2 rings (SSSR count). The summed E-state index contributed by atoms with van der Waals surface area (Å²) in [5, 5.41) is 5.95. The molecule has 3 amide bonds. The lowest BCUT2D eigenvalue weighted by molar-refractivity contribution is -0.131. The van der Waals surface area contributed by atoms with E-state index in [0.717, 1.165) is 44.1 Å². The molecule has 1 heterocycles. The Morgan fingerprint density at radius 1 is 1.25 bits per heavy atom. The number of amides is 3. The summed E-state index contributed by atoms with van der Waals surface area (Å²) in [7, 11) is 1.83. The highest BCUT2D eigenvalue weighted by Crippen LogP contribution is 2.32. The molecule has 0 atom stereocenters. The van der Waals surface area contributed by atoms with Gasteiger partial charge in [0.15, 0.2) is 0 Å². The van der Waals surface area contributed by atoms with Crippen LogP contribution in [0.2, 0.25) is 0 Å². The lowest BCUT2D eigenvalue weighted by atomic mass is 9.84. The zero-order valence-corrected chi connectivity index (χ0v) is 12.3. The molecule has 2 aliphatic rings. The maximum absolute atomic E-state index is 12.7. The van der Waals surface area contributed by atoms with Crippen molar-refractivity contribution in [3.05, 3.63) is 12.2 Å². The van der Waals surface area contributed by atoms with Crippen LogP contribution in [0.1, 0.15) is 44.9 Å². The van der Waals surface area contributed by atoms with Crippen LogP contribution >= 0.6 is 0 Å². The molecule has 0 aromatic rings. The first kappa shape index (κ1) is 15.0. The van der Waals surface area contributed by atoms with Crippen molar-refractivity contribution in [3.8, 4) is 0 Å². The molecule has 1 saturated heterocycles. The van der Waals surface area contributed by atoms with Crippen LogP contribution in [0.5, 0.6) is 0 Å². The molecule has 0 aromatic carbocycles. The van der Waals surface area contributed by atoms with Gasteiger partial charge in [0, 0.05) is 6.54 Å². The zero-order chi connectivity index (χ0) is 14.6. The van der Waals surface area contributed by atoms with Crippen molar-refractivity contribution in [2.45, 2.75) is 50.5 Å². The molecule has 5 nitrogen and oxygen atoms in total. The number of carbonyl (C=O) groups excluding carboxylic acids is 2. The van der Waals surface area contributed by atoms with Gasteiger partial charge in [-0.05, 0) is 25.5 Å². The number of imide groups is 1. The van der Waals surface area contributed by atoms with Crippen LogP contribution in [-0.2, 0) is 4.79 Å². The Morgan fingerprint density at radius 3 is 2.45 bits per heavy atom. The summed E-state index contributed by atoms with van der Waals surface area (Å²) >= 11 is 0. The molecule has 0 aromatic heterocycles. The van der Waals surface area contributed by atoms with Crippen LogP contribution in [0, 0.1) is 0 Å². The Hall–Kier alpha value is -1.36. The highest BCUT2D eigenvalue weighted by molar-refractivity contribution is 6.07. The molecule has 2 fully saturated rings. The maximum Gasteiger partial charge on any atom is 0.325 e. The molecule has 5 heteroatoms. The van der Waals surface area contributed by atoms with Crippen LogP contribution in [0.25, 0.3) is 0 Å². The summed E-state index contributed by atoms with van der Waals surface area (Å²) in [5.74, 6) is -0.0540. The van der Waals surface area contributed by atoms with Gasteiger partial charge >= 0.3 is 6.03 Å². The third-order valence-electron chi connectivity index (χ3n) is 4.26. The molecule has 1 aliphatic heterocycles. The zero-order valence-electron chi connectivity index (χ0n) is 12.3. The summed E-state index contributed by atoms with van der Waals surface area (Å²) in [6, 6.07) is -0.257. The number of nitrogens with zero attached hydrogens (tertiary/aromatic N) is 1. The lowest BCUT2D eigenvalue weighted by Gasteiger charge is -2.28. The third kappa shape index (κ3) is 3.03. The van der Waals surface area contributed by atoms with E-state index in [0.29, 0.717) is 13.1 Å². The average molecular weight is 279 g/mol. The van der Waals surface area contributed by atoms with Crippen LogP contribution in [0.3, 0.4) is 0 Å². The number of likely N-dealkylation sites (N-methyl/N-ethyl adjacent to an activating group) is 1. The van der Waals surface area contributed by atoms with E-state index in [2.05, 4.69) is 17.2 Å². The molecule has 1 saturated carbocycles.